The second-order valence-electron chi connectivity index (χ2n) is 3.62. The van der Waals surface area contributed by atoms with Crippen molar-refractivity contribution in [3.05, 3.63) is 48.3 Å². The zero-order chi connectivity index (χ0) is 12.1. The summed E-state index contributed by atoms with van der Waals surface area (Å²) in [7, 11) is -0.830. The first-order chi connectivity index (χ1) is 8.24. The third kappa shape index (κ3) is 3.64. The van der Waals surface area contributed by atoms with Crippen LogP contribution in [0, 0.1) is 0 Å². The lowest BCUT2D eigenvalue weighted by atomic mass is 10.2. The van der Waals surface area contributed by atoms with E-state index in [0.717, 1.165) is 11.3 Å². The molecule has 0 saturated heterocycles. The molecule has 0 aliphatic heterocycles. The van der Waals surface area contributed by atoms with Gasteiger partial charge in [0.1, 0.15) is 0 Å². The van der Waals surface area contributed by atoms with E-state index in [1.54, 1.807) is 24.7 Å². The van der Waals surface area contributed by atoms with Crippen LogP contribution in [0.3, 0.4) is 0 Å². The van der Waals surface area contributed by atoms with Gasteiger partial charge in [-0.15, -0.1) is 0 Å². The SMILES string of the molecule is CS(=O)Cc1cccc(Nc2ncccn2)c1. The summed E-state index contributed by atoms with van der Waals surface area (Å²) >= 11 is 0. The van der Waals surface area contributed by atoms with Crippen molar-refractivity contribution in [2.75, 3.05) is 11.6 Å². The van der Waals surface area contributed by atoms with E-state index in [0.29, 0.717) is 11.7 Å². The second kappa shape index (κ2) is 5.54. The van der Waals surface area contributed by atoms with E-state index in [1.165, 1.54) is 0 Å². The summed E-state index contributed by atoms with van der Waals surface area (Å²) in [6, 6.07) is 9.53. The van der Waals surface area contributed by atoms with Gasteiger partial charge < -0.3 is 5.32 Å². The van der Waals surface area contributed by atoms with E-state index in [1.807, 2.05) is 24.3 Å². The van der Waals surface area contributed by atoms with E-state index >= 15 is 0 Å². The van der Waals surface area contributed by atoms with Crippen LogP contribution in [0.2, 0.25) is 0 Å². The van der Waals surface area contributed by atoms with Crippen LogP contribution in [0.4, 0.5) is 11.6 Å². The van der Waals surface area contributed by atoms with Crippen LogP contribution in [-0.4, -0.2) is 20.4 Å². The molecule has 1 aromatic carbocycles. The van der Waals surface area contributed by atoms with Crippen molar-refractivity contribution >= 4 is 22.4 Å². The van der Waals surface area contributed by atoms with Gasteiger partial charge in [0.05, 0.1) is 0 Å². The van der Waals surface area contributed by atoms with Gasteiger partial charge in [0, 0.05) is 40.9 Å². The summed E-state index contributed by atoms with van der Waals surface area (Å²) in [6.07, 6.45) is 5.06. The topological polar surface area (TPSA) is 54.9 Å². The standard InChI is InChI=1S/C12H13N3OS/c1-17(16)9-10-4-2-5-11(8-10)15-12-13-6-3-7-14-12/h2-8H,9H2,1H3,(H,13,14,15). The van der Waals surface area contributed by atoms with Crippen LogP contribution in [-0.2, 0) is 16.6 Å². The minimum atomic E-state index is -0.830. The van der Waals surface area contributed by atoms with Crippen molar-refractivity contribution in [3.63, 3.8) is 0 Å². The van der Waals surface area contributed by atoms with Crippen molar-refractivity contribution in [2.45, 2.75) is 5.75 Å². The summed E-state index contributed by atoms with van der Waals surface area (Å²) in [6.45, 7) is 0. The Morgan fingerprint density at radius 3 is 2.71 bits per heavy atom. The molecule has 2 aromatic rings. The molecule has 1 atom stereocenters. The molecule has 0 saturated carbocycles. The highest BCUT2D eigenvalue weighted by Gasteiger charge is 2.00. The van der Waals surface area contributed by atoms with Crippen LogP contribution in [0.15, 0.2) is 42.7 Å². The van der Waals surface area contributed by atoms with Gasteiger partial charge in [-0.3, -0.25) is 4.21 Å². The molecule has 88 valence electrons. The smallest absolute Gasteiger partial charge is 0.227 e. The summed E-state index contributed by atoms with van der Waals surface area (Å²) in [4.78, 5) is 8.16. The average Bonchev–Trinajstić information content (AvgIpc) is 2.30. The second-order valence-corrected chi connectivity index (χ2v) is 5.05. The summed E-state index contributed by atoms with van der Waals surface area (Å²) in [5, 5.41) is 3.10. The number of aromatic nitrogens is 2. The lowest BCUT2D eigenvalue weighted by molar-refractivity contribution is 0.686. The Bertz CT molecular complexity index is 516. The van der Waals surface area contributed by atoms with Crippen LogP contribution in [0.1, 0.15) is 5.56 Å². The van der Waals surface area contributed by atoms with Crippen molar-refractivity contribution in [1.29, 1.82) is 0 Å². The van der Waals surface area contributed by atoms with Gasteiger partial charge in [-0.2, -0.15) is 0 Å². The van der Waals surface area contributed by atoms with Crippen molar-refractivity contribution in [2.24, 2.45) is 0 Å². The Kier molecular flexibility index (Phi) is 3.82. The molecule has 0 bridgehead atoms. The van der Waals surface area contributed by atoms with E-state index in [9.17, 15) is 4.21 Å². The number of hydrogen-bond donors (Lipinski definition) is 1. The predicted molar refractivity (Wildman–Crippen MR) is 69.5 cm³/mol. The maximum Gasteiger partial charge on any atom is 0.227 e. The summed E-state index contributed by atoms with van der Waals surface area (Å²) in [5.41, 5.74) is 1.94. The van der Waals surface area contributed by atoms with Gasteiger partial charge in [0.25, 0.3) is 0 Å². The maximum absolute atomic E-state index is 11.1. The highest BCUT2D eigenvalue weighted by Crippen LogP contribution is 2.15. The Hall–Kier alpha value is -1.75. The molecular weight excluding hydrogens is 234 g/mol. The number of rotatable bonds is 4. The zero-order valence-corrected chi connectivity index (χ0v) is 10.3. The van der Waals surface area contributed by atoms with Crippen LogP contribution in [0.25, 0.3) is 0 Å². The third-order valence-electron chi connectivity index (χ3n) is 2.12. The molecule has 1 heterocycles. The van der Waals surface area contributed by atoms with Gasteiger partial charge in [-0.1, -0.05) is 12.1 Å². The van der Waals surface area contributed by atoms with Crippen LogP contribution >= 0.6 is 0 Å². The highest BCUT2D eigenvalue weighted by atomic mass is 32.2. The molecule has 0 aliphatic rings. The normalized spacial score (nSPS) is 12.1. The molecule has 1 N–H and O–H groups in total. The lowest BCUT2D eigenvalue weighted by Gasteiger charge is -2.05. The number of benzene rings is 1. The summed E-state index contributed by atoms with van der Waals surface area (Å²) < 4.78 is 11.1. The monoisotopic (exact) mass is 247 g/mol. The maximum atomic E-state index is 11.1. The molecule has 5 heteroatoms. The van der Waals surface area contributed by atoms with E-state index < -0.39 is 10.8 Å². The first kappa shape index (κ1) is 11.7. The zero-order valence-electron chi connectivity index (χ0n) is 9.46. The molecule has 4 nitrogen and oxygen atoms in total. The fourth-order valence-corrected chi connectivity index (χ4v) is 2.12. The molecule has 0 radical (unpaired) electrons. The molecule has 17 heavy (non-hydrogen) atoms. The van der Waals surface area contributed by atoms with E-state index in [4.69, 9.17) is 0 Å². The third-order valence-corrected chi connectivity index (χ3v) is 2.86. The van der Waals surface area contributed by atoms with E-state index in [-0.39, 0.29) is 0 Å². The lowest BCUT2D eigenvalue weighted by Crippen LogP contribution is -1.97. The fraction of sp³-hybridized carbons (Fsp3) is 0.167. The van der Waals surface area contributed by atoms with E-state index in [2.05, 4.69) is 15.3 Å². The largest absolute Gasteiger partial charge is 0.324 e. The Labute approximate surface area is 103 Å². The molecule has 0 spiro atoms. The molecule has 1 aromatic heterocycles. The number of anilines is 2. The Morgan fingerprint density at radius 2 is 2.00 bits per heavy atom. The predicted octanol–water partition coefficient (Wildman–Crippen LogP) is 2.10. The Balaban J connectivity index is 2.14. The molecule has 0 fully saturated rings. The van der Waals surface area contributed by atoms with Gasteiger partial charge in [-0.25, -0.2) is 9.97 Å². The fourth-order valence-electron chi connectivity index (χ4n) is 1.47. The molecular formula is C12H13N3OS. The van der Waals surface area contributed by atoms with Gasteiger partial charge >= 0.3 is 0 Å². The molecule has 0 amide bonds. The first-order valence-electron chi connectivity index (χ1n) is 5.17. The number of nitrogens with zero attached hydrogens (tertiary/aromatic N) is 2. The van der Waals surface area contributed by atoms with Crippen LogP contribution < -0.4 is 5.32 Å². The van der Waals surface area contributed by atoms with Gasteiger partial charge in [0.15, 0.2) is 0 Å². The van der Waals surface area contributed by atoms with Gasteiger partial charge in [0.2, 0.25) is 5.95 Å². The molecule has 0 aliphatic carbocycles. The molecule has 1 unspecified atom stereocenters. The number of hydrogen-bond acceptors (Lipinski definition) is 4. The Morgan fingerprint density at radius 1 is 1.24 bits per heavy atom. The van der Waals surface area contributed by atoms with Crippen molar-refractivity contribution in [3.8, 4) is 0 Å². The summed E-state index contributed by atoms with van der Waals surface area (Å²) in [5.74, 6) is 1.12. The van der Waals surface area contributed by atoms with Crippen LogP contribution in [0.5, 0.6) is 0 Å². The minimum absolute atomic E-state index is 0.558. The van der Waals surface area contributed by atoms with Gasteiger partial charge in [-0.05, 0) is 23.8 Å². The van der Waals surface area contributed by atoms with Crippen molar-refractivity contribution < 1.29 is 4.21 Å². The number of nitrogens with one attached hydrogen (secondary N) is 1. The first-order valence-corrected chi connectivity index (χ1v) is 6.90. The van der Waals surface area contributed by atoms with Crippen molar-refractivity contribution in [1.82, 2.24) is 9.97 Å². The minimum Gasteiger partial charge on any atom is -0.324 e. The average molecular weight is 247 g/mol. The molecule has 2 rings (SSSR count). The quantitative estimate of drug-likeness (QED) is 0.899. The highest BCUT2D eigenvalue weighted by molar-refractivity contribution is 7.83.